The van der Waals surface area contributed by atoms with Gasteiger partial charge in [0, 0.05) is 19.0 Å². The van der Waals surface area contributed by atoms with Crippen LogP contribution in [-0.2, 0) is 9.53 Å². The molecule has 1 atom stereocenters. The number of methoxy groups -OCH3 is 1. The summed E-state index contributed by atoms with van der Waals surface area (Å²) in [4.78, 5) is 37.7. The smallest absolute Gasteiger partial charge is 0.355 e. The fourth-order valence-electron chi connectivity index (χ4n) is 1.23. The first kappa shape index (κ1) is 16.1. The molecule has 0 aromatic carbocycles. The van der Waals surface area contributed by atoms with Crippen LogP contribution in [0.5, 0.6) is 0 Å². The van der Waals surface area contributed by atoms with Crippen LogP contribution in [0.2, 0.25) is 0 Å². The SMILES string of the molecule is COCCNC(=O)C(C)NC(=O)c1nc(C(=O)O)cs1. The largest absolute Gasteiger partial charge is 0.476 e. The number of carboxylic acid groups (broad SMARTS) is 1. The first-order chi connectivity index (χ1) is 9.45. The average molecular weight is 301 g/mol. The van der Waals surface area contributed by atoms with Crippen molar-refractivity contribution in [2.75, 3.05) is 20.3 Å². The summed E-state index contributed by atoms with van der Waals surface area (Å²) in [7, 11) is 1.51. The lowest BCUT2D eigenvalue weighted by molar-refractivity contribution is -0.122. The van der Waals surface area contributed by atoms with E-state index in [1.54, 1.807) is 0 Å². The monoisotopic (exact) mass is 301 g/mol. The third-order valence-corrected chi connectivity index (χ3v) is 3.10. The summed E-state index contributed by atoms with van der Waals surface area (Å²) in [5, 5.41) is 15.0. The van der Waals surface area contributed by atoms with Gasteiger partial charge >= 0.3 is 5.97 Å². The zero-order valence-electron chi connectivity index (χ0n) is 11.0. The van der Waals surface area contributed by atoms with E-state index in [9.17, 15) is 14.4 Å². The molecule has 1 heterocycles. The number of nitrogens with zero attached hydrogens (tertiary/aromatic N) is 1. The predicted octanol–water partition coefficient (Wildman–Crippen LogP) is -0.278. The molecule has 8 nitrogen and oxygen atoms in total. The lowest BCUT2D eigenvalue weighted by Crippen LogP contribution is -2.45. The highest BCUT2D eigenvalue weighted by atomic mass is 32.1. The van der Waals surface area contributed by atoms with Gasteiger partial charge in [0.15, 0.2) is 10.7 Å². The summed E-state index contributed by atoms with van der Waals surface area (Å²) < 4.78 is 4.78. The minimum atomic E-state index is -1.20. The Kier molecular flexibility index (Phi) is 6.07. The molecule has 0 bridgehead atoms. The van der Waals surface area contributed by atoms with Crippen LogP contribution in [0, 0.1) is 0 Å². The van der Waals surface area contributed by atoms with Gasteiger partial charge in [-0.3, -0.25) is 9.59 Å². The molecule has 3 N–H and O–H groups in total. The fraction of sp³-hybridized carbons (Fsp3) is 0.455. The van der Waals surface area contributed by atoms with E-state index in [1.807, 2.05) is 0 Å². The Morgan fingerprint density at radius 1 is 1.50 bits per heavy atom. The number of carbonyl (C=O) groups excluding carboxylic acids is 2. The summed E-state index contributed by atoms with van der Waals surface area (Å²) in [6.07, 6.45) is 0. The van der Waals surface area contributed by atoms with Crippen LogP contribution in [0.4, 0.5) is 0 Å². The van der Waals surface area contributed by atoms with Gasteiger partial charge in [0.2, 0.25) is 5.91 Å². The van der Waals surface area contributed by atoms with Crippen molar-refractivity contribution in [3.8, 4) is 0 Å². The number of hydrogen-bond donors (Lipinski definition) is 3. The molecule has 1 aromatic heterocycles. The summed E-state index contributed by atoms with van der Waals surface area (Å²) in [6.45, 7) is 2.24. The van der Waals surface area contributed by atoms with Gasteiger partial charge in [-0.2, -0.15) is 0 Å². The molecule has 9 heteroatoms. The van der Waals surface area contributed by atoms with Crippen molar-refractivity contribution in [3.05, 3.63) is 16.1 Å². The van der Waals surface area contributed by atoms with Gasteiger partial charge in [0.05, 0.1) is 6.61 Å². The van der Waals surface area contributed by atoms with Gasteiger partial charge in [-0.05, 0) is 6.92 Å². The summed E-state index contributed by atoms with van der Waals surface area (Å²) in [5.74, 6) is -2.15. The Morgan fingerprint density at radius 3 is 2.75 bits per heavy atom. The molecule has 110 valence electrons. The molecule has 0 aliphatic carbocycles. The maximum Gasteiger partial charge on any atom is 0.355 e. The molecular weight excluding hydrogens is 286 g/mol. The quantitative estimate of drug-likeness (QED) is 0.596. The second-order valence-corrected chi connectivity index (χ2v) is 4.68. The van der Waals surface area contributed by atoms with E-state index in [2.05, 4.69) is 15.6 Å². The second-order valence-electron chi connectivity index (χ2n) is 3.82. The minimum absolute atomic E-state index is 0.000980. The Balaban J connectivity index is 2.51. The first-order valence-corrected chi connectivity index (χ1v) is 6.60. The highest BCUT2D eigenvalue weighted by molar-refractivity contribution is 7.11. The lowest BCUT2D eigenvalue weighted by Gasteiger charge is -2.12. The molecule has 2 amide bonds. The lowest BCUT2D eigenvalue weighted by atomic mass is 10.3. The number of aromatic nitrogens is 1. The van der Waals surface area contributed by atoms with Crippen LogP contribution in [0.25, 0.3) is 0 Å². The summed E-state index contributed by atoms with van der Waals surface area (Å²) in [6, 6.07) is -0.753. The Labute approximate surface area is 119 Å². The number of rotatable bonds is 7. The first-order valence-electron chi connectivity index (χ1n) is 5.72. The van der Waals surface area contributed by atoms with Crippen molar-refractivity contribution in [3.63, 3.8) is 0 Å². The average Bonchev–Trinajstić information content (AvgIpc) is 2.88. The van der Waals surface area contributed by atoms with Gasteiger partial charge in [-0.1, -0.05) is 0 Å². The van der Waals surface area contributed by atoms with Gasteiger partial charge in [0.1, 0.15) is 6.04 Å². The Morgan fingerprint density at radius 2 is 2.20 bits per heavy atom. The van der Waals surface area contributed by atoms with E-state index in [1.165, 1.54) is 19.4 Å². The highest BCUT2D eigenvalue weighted by Crippen LogP contribution is 2.09. The van der Waals surface area contributed by atoms with Crippen LogP contribution >= 0.6 is 11.3 Å². The zero-order chi connectivity index (χ0) is 15.1. The molecule has 0 fully saturated rings. The Bertz CT molecular complexity index is 502. The van der Waals surface area contributed by atoms with E-state index in [0.717, 1.165) is 11.3 Å². The molecule has 0 radical (unpaired) electrons. The van der Waals surface area contributed by atoms with E-state index in [0.29, 0.717) is 13.2 Å². The second kappa shape index (κ2) is 7.56. The van der Waals surface area contributed by atoms with Gasteiger partial charge in [0.25, 0.3) is 5.91 Å². The Hall–Kier alpha value is -2.00. The van der Waals surface area contributed by atoms with Crippen LogP contribution < -0.4 is 10.6 Å². The molecular formula is C11H15N3O5S. The van der Waals surface area contributed by atoms with Crippen LogP contribution in [0.1, 0.15) is 27.2 Å². The number of carboxylic acids is 1. The number of aromatic carboxylic acids is 1. The predicted molar refractivity (Wildman–Crippen MR) is 70.9 cm³/mol. The van der Waals surface area contributed by atoms with Crippen molar-refractivity contribution in [2.24, 2.45) is 0 Å². The van der Waals surface area contributed by atoms with E-state index >= 15 is 0 Å². The zero-order valence-corrected chi connectivity index (χ0v) is 11.8. The third-order valence-electron chi connectivity index (χ3n) is 2.26. The van der Waals surface area contributed by atoms with Crippen molar-refractivity contribution in [1.82, 2.24) is 15.6 Å². The number of hydrogen-bond acceptors (Lipinski definition) is 6. The van der Waals surface area contributed by atoms with Crippen molar-refractivity contribution < 1.29 is 24.2 Å². The van der Waals surface area contributed by atoms with Crippen molar-refractivity contribution in [2.45, 2.75) is 13.0 Å². The molecule has 1 aromatic rings. The molecule has 0 saturated carbocycles. The molecule has 0 aliphatic rings. The third kappa shape index (κ3) is 4.59. The summed E-state index contributed by atoms with van der Waals surface area (Å²) in [5.41, 5.74) is -0.197. The number of carbonyl (C=O) groups is 3. The number of ether oxygens (including phenoxy) is 1. The number of amides is 2. The van der Waals surface area contributed by atoms with E-state index in [4.69, 9.17) is 9.84 Å². The van der Waals surface area contributed by atoms with Crippen LogP contribution in [0.3, 0.4) is 0 Å². The fourth-order valence-corrected chi connectivity index (χ4v) is 1.92. The minimum Gasteiger partial charge on any atom is -0.476 e. The standard InChI is InChI=1S/C11H15N3O5S/c1-6(8(15)12-3-4-19-2)13-9(16)10-14-7(5-20-10)11(17)18/h5-6H,3-4H2,1-2H3,(H,12,15)(H,13,16)(H,17,18). The van der Waals surface area contributed by atoms with Gasteiger partial charge in [-0.15, -0.1) is 11.3 Å². The van der Waals surface area contributed by atoms with Crippen LogP contribution in [0.15, 0.2) is 5.38 Å². The summed E-state index contributed by atoms with van der Waals surface area (Å²) >= 11 is 0.905. The molecule has 20 heavy (non-hydrogen) atoms. The van der Waals surface area contributed by atoms with Crippen molar-refractivity contribution >= 4 is 29.1 Å². The van der Waals surface area contributed by atoms with Crippen LogP contribution in [-0.4, -0.2) is 54.2 Å². The van der Waals surface area contributed by atoms with Gasteiger partial charge in [-0.25, -0.2) is 9.78 Å². The number of thiazole rings is 1. The molecule has 1 rings (SSSR count). The normalized spacial score (nSPS) is 11.7. The molecule has 0 aliphatic heterocycles. The molecule has 0 saturated heterocycles. The highest BCUT2D eigenvalue weighted by Gasteiger charge is 2.19. The molecule has 1 unspecified atom stereocenters. The topological polar surface area (TPSA) is 118 Å². The number of nitrogens with one attached hydrogen (secondary N) is 2. The van der Waals surface area contributed by atoms with E-state index in [-0.39, 0.29) is 16.6 Å². The van der Waals surface area contributed by atoms with Gasteiger partial charge < -0.3 is 20.5 Å². The maximum absolute atomic E-state index is 11.8. The molecule has 0 spiro atoms. The van der Waals surface area contributed by atoms with E-state index < -0.39 is 17.9 Å². The maximum atomic E-state index is 11.8. The van der Waals surface area contributed by atoms with Crippen molar-refractivity contribution in [1.29, 1.82) is 0 Å².